The van der Waals surface area contributed by atoms with Crippen LogP contribution in [0.3, 0.4) is 0 Å². The van der Waals surface area contributed by atoms with Gasteiger partial charge in [0.15, 0.2) is 0 Å². The SMILES string of the molecule is C#Cc1cccc(SCl)c1. The van der Waals surface area contributed by atoms with Crippen molar-refractivity contribution in [2.75, 3.05) is 0 Å². The molecule has 0 radical (unpaired) electrons. The molecular weight excluding hydrogens is 164 g/mol. The summed E-state index contributed by atoms with van der Waals surface area (Å²) in [7, 11) is 6.68. The first-order chi connectivity index (χ1) is 4.86. The fourth-order valence-corrected chi connectivity index (χ4v) is 1.22. The molecule has 0 aliphatic rings. The van der Waals surface area contributed by atoms with Crippen LogP contribution in [0.25, 0.3) is 0 Å². The van der Waals surface area contributed by atoms with Crippen LogP contribution in [0, 0.1) is 12.3 Å². The van der Waals surface area contributed by atoms with Gasteiger partial charge in [0.05, 0.1) is 0 Å². The molecular formula is C8H5ClS. The molecule has 0 saturated heterocycles. The van der Waals surface area contributed by atoms with E-state index in [4.69, 9.17) is 17.1 Å². The predicted molar refractivity (Wildman–Crippen MR) is 46.1 cm³/mol. The van der Waals surface area contributed by atoms with E-state index in [1.54, 1.807) is 0 Å². The van der Waals surface area contributed by atoms with Crippen LogP contribution in [0.4, 0.5) is 0 Å². The van der Waals surface area contributed by atoms with E-state index >= 15 is 0 Å². The Morgan fingerprint density at radius 2 is 2.30 bits per heavy atom. The molecule has 0 spiro atoms. The van der Waals surface area contributed by atoms with Crippen LogP contribution in [-0.4, -0.2) is 0 Å². The highest BCUT2D eigenvalue weighted by atomic mass is 35.7. The zero-order valence-electron chi connectivity index (χ0n) is 5.17. The van der Waals surface area contributed by atoms with Crippen molar-refractivity contribution in [2.45, 2.75) is 4.90 Å². The van der Waals surface area contributed by atoms with Crippen LogP contribution in [0.15, 0.2) is 29.2 Å². The Hall–Kier alpha value is -0.580. The van der Waals surface area contributed by atoms with E-state index in [0.29, 0.717) is 0 Å². The molecule has 0 aliphatic carbocycles. The van der Waals surface area contributed by atoms with Gasteiger partial charge in [0, 0.05) is 10.5 Å². The first-order valence-corrected chi connectivity index (χ1v) is 4.36. The Bertz CT molecular complexity index is 262. The van der Waals surface area contributed by atoms with Gasteiger partial charge in [-0.3, -0.25) is 0 Å². The third-order valence-corrected chi connectivity index (χ3v) is 2.06. The van der Waals surface area contributed by atoms with Crippen LogP contribution in [0.2, 0.25) is 0 Å². The van der Waals surface area contributed by atoms with Crippen molar-refractivity contribution in [1.82, 2.24) is 0 Å². The number of halogens is 1. The van der Waals surface area contributed by atoms with Crippen LogP contribution >= 0.6 is 21.7 Å². The molecule has 0 N–H and O–H groups in total. The standard InChI is InChI=1S/C8H5ClS/c1-2-7-4-3-5-8(6-7)10-9/h1,3-6H. The van der Waals surface area contributed by atoms with Crippen molar-refractivity contribution in [3.05, 3.63) is 29.8 Å². The highest BCUT2D eigenvalue weighted by molar-refractivity contribution is 8.21. The molecule has 50 valence electrons. The van der Waals surface area contributed by atoms with E-state index < -0.39 is 0 Å². The van der Waals surface area contributed by atoms with E-state index in [-0.39, 0.29) is 0 Å². The summed E-state index contributed by atoms with van der Waals surface area (Å²) in [6, 6.07) is 7.55. The van der Waals surface area contributed by atoms with Crippen LogP contribution in [0.1, 0.15) is 5.56 Å². The fraction of sp³-hybridized carbons (Fsp3) is 0. The molecule has 0 aliphatic heterocycles. The minimum absolute atomic E-state index is 0.866. The van der Waals surface area contributed by atoms with Crippen molar-refractivity contribution >= 4 is 21.7 Å². The van der Waals surface area contributed by atoms with Gasteiger partial charge in [-0.1, -0.05) is 12.0 Å². The monoisotopic (exact) mass is 168 g/mol. The highest BCUT2D eigenvalue weighted by Gasteiger charge is 1.90. The maximum Gasteiger partial charge on any atom is 0.0254 e. The molecule has 0 bridgehead atoms. The minimum Gasteiger partial charge on any atom is -0.115 e. The summed E-state index contributed by atoms with van der Waals surface area (Å²) in [6.07, 6.45) is 5.17. The number of hydrogen-bond acceptors (Lipinski definition) is 1. The summed E-state index contributed by atoms with van der Waals surface area (Å²) in [4.78, 5) is 0.983. The predicted octanol–water partition coefficient (Wildman–Crippen LogP) is 2.91. The van der Waals surface area contributed by atoms with Gasteiger partial charge < -0.3 is 0 Å². The Labute approximate surface area is 69.1 Å². The van der Waals surface area contributed by atoms with Gasteiger partial charge in [-0.05, 0) is 39.9 Å². The van der Waals surface area contributed by atoms with Crippen molar-refractivity contribution in [2.24, 2.45) is 0 Å². The Morgan fingerprint density at radius 3 is 2.90 bits per heavy atom. The van der Waals surface area contributed by atoms with Crippen LogP contribution in [0.5, 0.6) is 0 Å². The van der Waals surface area contributed by atoms with E-state index in [9.17, 15) is 0 Å². The van der Waals surface area contributed by atoms with Crippen LogP contribution in [-0.2, 0) is 0 Å². The molecule has 0 amide bonds. The van der Waals surface area contributed by atoms with Gasteiger partial charge in [0.25, 0.3) is 0 Å². The normalized spacial score (nSPS) is 8.80. The Morgan fingerprint density at radius 1 is 1.50 bits per heavy atom. The quantitative estimate of drug-likeness (QED) is 0.581. The topological polar surface area (TPSA) is 0 Å². The van der Waals surface area contributed by atoms with Crippen molar-refractivity contribution < 1.29 is 0 Å². The number of benzene rings is 1. The second-order valence-corrected chi connectivity index (χ2v) is 2.84. The van der Waals surface area contributed by atoms with E-state index in [1.807, 2.05) is 24.3 Å². The molecule has 0 heterocycles. The molecule has 0 nitrogen and oxygen atoms in total. The zero-order valence-corrected chi connectivity index (χ0v) is 6.75. The summed E-state index contributed by atoms with van der Waals surface area (Å²) in [5.41, 5.74) is 0.866. The van der Waals surface area contributed by atoms with Gasteiger partial charge in [-0.25, -0.2) is 0 Å². The molecule has 0 fully saturated rings. The van der Waals surface area contributed by atoms with Gasteiger partial charge in [0.1, 0.15) is 0 Å². The molecule has 0 atom stereocenters. The maximum atomic E-state index is 5.50. The average molecular weight is 169 g/mol. The molecule has 1 rings (SSSR count). The second kappa shape index (κ2) is 3.55. The lowest BCUT2D eigenvalue weighted by molar-refractivity contribution is 1.45. The lowest BCUT2D eigenvalue weighted by Gasteiger charge is -1.92. The molecule has 2 heteroatoms. The van der Waals surface area contributed by atoms with Gasteiger partial charge in [0.2, 0.25) is 0 Å². The van der Waals surface area contributed by atoms with Gasteiger partial charge in [-0.2, -0.15) is 0 Å². The fourth-order valence-electron chi connectivity index (χ4n) is 0.634. The summed E-state index contributed by atoms with van der Waals surface area (Å²) >= 11 is 0. The Kier molecular flexibility index (Phi) is 2.68. The summed E-state index contributed by atoms with van der Waals surface area (Å²) in [5.74, 6) is 2.53. The maximum absolute atomic E-state index is 5.50. The minimum atomic E-state index is 0.866. The summed E-state index contributed by atoms with van der Waals surface area (Å²) in [5, 5.41) is 0. The van der Waals surface area contributed by atoms with E-state index in [1.165, 1.54) is 11.0 Å². The molecule has 0 aromatic heterocycles. The van der Waals surface area contributed by atoms with Gasteiger partial charge >= 0.3 is 0 Å². The zero-order chi connectivity index (χ0) is 7.40. The lowest BCUT2D eigenvalue weighted by Crippen LogP contribution is -1.72. The van der Waals surface area contributed by atoms with E-state index in [0.717, 1.165) is 10.5 Å². The summed E-state index contributed by atoms with van der Waals surface area (Å²) < 4.78 is 0. The summed E-state index contributed by atoms with van der Waals surface area (Å²) in [6.45, 7) is 0. The smallest absolute Gasteiger partial charge is 0.0254 e. The second-order valence-electron chi connectivity index (χ2n) is 1.75. The average Bonchev–Trinajstić information content (AvgIpc) is 2.05. The molecule has 1 aromatic rings. The largest absolute Gasteiger partial charge is 0.115 e. The van der Waals surface area contributed by atoms with E-state index in [2.05, 4.69) is 5.92 Å². The third kappa shape index (κ3) is 1.70. The number of rotatable bonds is 1. The molecule has 10 heavy (non-hydrogen) atoms. The van der Waals surface area contributed by atoms with Crippen molar-refractivity contribution in [1.29, 1.82) is 0 Å². The molecule has 1 aromatic carbocycles. The van der Waals surface area contributed by atoms with Gasteiger partial charge in [-0.15, -0.1) is 6.42 Å². The third-order valence-electron chi connectivity index (χ3n) is 1.09. The highest BCUT2D eigenvalue weighted by Crippen LogP contribution is 2.21. The number of terminal acetylenes is 1. The molecule has 0 saturated carbocycles. The first kappa shape index (κ1) is 7.53. The number of hydrogen-bond donors (Lipinski definition) is 0. The lowest BCUT2D eigenvalue weighted by atomic mass is 10.2. The van der Waals surface area contributed by atoms with Crippen LogP contribution < -0.4 is 0 Å². The Balaban J connectivity index is 3.01. The first-order valence-electron chi connectivity index (χ1n) is 2.72. The van der Waals surface area contributed by atoms with Crippen molar-refractivity contribution in [3.63, 3.8) is 0 Å². The molecule has 0 unspecified atom stereocenters. The van der Waals surface area contributed by atoms with Crippen molar-refractivity contribution in [3.8, 4) is 12.3 Å².